The first-order chi connectivity index (χ1) is 9.79. The number of nitrogens with zero attached hydrogens (tertiary/aromatic N) is 1. The van der Waals surface area contributed by atoms with E-state index in [0.717, 1.165) is 58.3 Å². The molecule has 0 bridgehead atoms. The zero-order valence-corrected chi connectivity index (χ0v) is 13.1. The molecule has 1 rings (SSSR count). The van der Waals surface area contributed by atoms with E-state index in [4.69, 9.17) is 9.47 Å². The summed E-state index contributed by atoms with van der Waals surface area (Å²) in [5, 5.41) is 13.0. The van der Waals surface area contributed by atoms with Gasteiger partial charge in [-0.3, -0.25) is 5.32 Å². The first-order valence-corrected chi connectivity index (χ1v) is 8.10. The number of nitrogens with one attached hydrogen (secondary N) is 1. The van der Waals surface area contributed by atoms with Gasteiger partial charge in [-0.1, -0.05) is 20.3 Å². The van der Waals surface area contributed by atoms with Crippen LogP contribution in [0, 0.1) is 17.2 Å². The Balaban J connectivity index is 2.22. The molecule has 1 aliphatic rings. The average Bonchev–Trinajstić information content (AvgIpc) is 2.87. The molecule has 1 aliphatic carbocycles. The third-order valence-electron chi connectivity index (χ3n) is 4.04. The van der Waals surface area contributed by atoms with Gasteiger partial charge in [0.05, 0.1) is 19.3 Å². The molecular weight excluding hydrogens is 252 g/mol. The van der Waals surface area contributed by atoms with Crippen LogP contribution in [0.15, 0.2) is 0 Å². The van der Waals surface area contributed by atoms with Gasteiger partial charge in [0.15, 0.2) is 0 Å². The fraction of sp³-hybridized carbons (Fsp3) is 0.938. The molecular formula is C16H30N2O2. The van der Waals surface area contributed by atoms with Crippen molar-refractivity contribution in [2.45, 2.75) is 57.9 Å². The van der Waals surface area contributed by atoms with Crippen molar-refractivity contribution in [3.8, 4) is 6.07 Å². The molecule has 2 unspecified atom stereocenters. The highest BCUT2D eigenvalue weighted by Gasteiger charge is 2.42. The zero-order valence-electron chi connectivity index (χ0n) is 13.1. The number of rotatable bonds is 11. The minimum Gasteiger partial charge on any atom is -0.379 e. The lowest BCUT2D eigenvalue weighted by Gasteiger charge is -2.30. The van der Waals surface area contributed by atoms with Gasteiger partial charge < -0.3 is 9.47 Å². The Hall–Kier alpha value is -0.630. The lowest BCUT2D eigenvalue weighted by atomic mass is 9.86. The molecule has 0 amide bonds. The second-order valence-corrected chi connectivity index (χ2v) is 5.61. The maximum atomic E-state index is 9.54. The standard InChI is InChI=1S/C16H30N2O2/c1-3-9-18-16(14-17)8-5-6-15(16)7-11-20-13-12-19-10-4-2/h15,18H,3-13H2,1-2H3. The fourth-order valence-corrected chi connectivity index (χ4v) is 2.93. The molecule has 0 heterocycles. The van der Waals surface area contributed by atoms with Crippen molar-refractivity contribution in [1.29, 1.82) is 5.26 Å². The summed E-state index contributed by atoms with van der Waals surface area (Å²) in [6.45, 7) is 8.05. The number of hydrogen-bond donors (Lipinski definition) is 1. The molecule has 2 atom stereocenters. The molecule has 1 saturated carbocycles. The van der Waals surface area contributed by atoms with Gasteiger partial charge in [-0.2, -0.15) is 5.26 Å². The van der Waals surface area contributed by atoms with Crippen LogP contribution in [0.2, 0.25) is 0 Å². The van der Waals surface area contributed by atoms with Gasteiger partial charge in [-0.15, -0.1) is 0 Å². The summed E-state index contributed by atoms with van der Waals surface area (Å²) in [6, 6.07) is 2.54. The topological polar surface area (TPSA) is 54.3 Å². The SMILES string of the molecule is CCCNC1(C#N)CCCC1CCOCCOCCC. The Kier molecular flexibility index (Phi) is 8.84. The van der Waals surface area contributed by atoms with Gasteiger partial charge in [-0.25, -0.2) is 0 Å². The summed E-state index contributed by atoms with van der Waals surface area (Å²) < 4.78 is 11.0. The van der Waals surface area contributed by atoms with Crippen LogP contribution in [0.4, 0.5) is 0 Å². The molecule has 4 heteroatoms. The normalized spacial score (nSPS) is 25.8. The number of nitriles is 1. The van der Waals surface area contributed by atoms with Crippen molar-refractivity contribution in [2.24, 2.45) is 5.92 Å². The summed E-state index contributed by atoms with van der Waals surface area (Å²) in [6.07, 6.45) is 6.36. The predicted molar refractivity (Wildman–Crippen MR) is 80.5 cm³/mol. The van der Waals surface area contributed by atoms with Crippen molar-refractivity contribution in [2.75, 3.05) is 33.0 Å². The zero-order chi connectivity index (χ0) is 14.7. The largest absolute Gasteiger partial charge is 0.379 e. The lowest BCUT2D eigenvalue weighted by molar-refractivity contribution is 0.0407. The highest BCUT2D eigenvalue weighted by atomic mass is 16.5. The van der Waals surface area contributed by atoms with E-state index in [1.165, 1.54) is 0 Å². The van der Waals surface area contributed by atoms with Crippen LogP contribution in [0.3, 0.4) is 0 Å². The van der Waals surface area contributed by atoms with Gasteiger partial charge in [0.1, 0.15) is 5.54 Å². The maximum Gasteiger partial charge on any atom is 0.109 e. The van der Waals surface area contributed by atoms with Gasteiger partial charge in [-0.05, 0) is 44.6 Å². The van der Waals surface area contributed by atoms with Crippen LogP contribution in [-0.4, -0.2) is 38.5 Å². The summed E-state index contributed by atoms with van der Waals surface area (Å²) in [7, 11) is 0. The third kappa shape index (κ3) is 5.40. The van der Waals surface area contributed by atoms with Crippen molar-refractivity contribution in [1.82, 2.24) is 5.32 Å². The Morgan fingerprint density at radius 3 is 2.55 bits per heavy atom. The van der Waals surface area contributed by atoms with Crippen LogP contribution in [-0.2, 0) is 9.47 Å². The second-order valence-electron chi connectivity index (χ2n) is 5.61. The average molecular weight is 282 g/mol. The van der Waals surface area contributed by atoms with Crippen LogP contribution < -0.4 is 5.32 Å². The minimum absolute atomic E-state index is 0.307. The Labute approximate surface area is 123 Å². The van der Waals surface area contributed by atoms with E-state index in [2.05, 4.69) is 25.2 Å². The minimum atomic E-state index is -0.307. The summed E-state index contributed by atoms with van der Waals surface area (Å²) in [5.41, 5.74) is -0.307. The summed E-state index contributed by atoms with van der Waals surface area (Å²) >= 11 is 0. The first kappa shape index (κ1) is 17.4. The van der Waals surface area contributed by atoms with E-state index in [-0.39, 0.29) is 5.54 Å². The van der Waals surface area contributed by atoms with Crippen LogP contribution in [0.1, 0.15) is 52.4 Å². The van der Waals surface area contributed by atoms with Gasteiger partial charge in [0, 0.05) is 13.2 Å². The molecule has 0 radical (unpaired) electrons. The highest BCUT2D eigenvalue weighted by molar-refractivity contribution is 5.13. The van der Waals surface area contributed by atoms with E-state index in [9.17, 15) is 5.26 Å². The van der Waals surface area contributed by atoms with E-state index in [0.29, 0.717) is 19.1 Å². The molecule has 0 aromatic carbocycles. The van der Waals surface area contributed by atoms with Crippen LogP contribution in [0.25, 0.3) is 0 Å². The predicted octanol–water partition coefficient (Wildman–Crippen LogP) is 2.88. The smallest absolute Gasteiger partial charge is 0.109 e. The molecule has 20 heavy (non-hydrogen) atoms. The number of hydrogen-bond acceptors (Lipinski definition) is 4. The van der Waals surface area contributed by atoms with E-state index in [1.54, 1.807) is 0 Å². The van der Waals surface area contributed by atoms with Crippen LogP contribution in [0.5, 0.6) is 0 Å². The van der Waals surface area contributed by atoms with E-state index >= 15 is 0 Å². The van der Waals surface area contributed by atoms with Gasteiger partial charge >= 0.3 is 0 Å². The molecule has 1 N–H and O–H groups in total. The van der Waals surface area contributed by atoms with E-state index in [1.807, 2.05) is 0 Å². The number of ether oxygens (including phenoxy) is 2. The molecule has 0 saturated heterocycles. The summed E-state index contributed by atoms with van der Waals surface area (Å²) in [4.78, 5) is 0. The van der Waals surface area contributed by atoms with Crippen molar-refractivity contribution in [3.63, 3.8) is 0 Å². The monoisotopic (exact) mass is 282 g/mol. The van der Waals surface area contributed by atoms with Crippen molar-refractivity contribution >= 4 is 0 Å². The molecule has 4 nitrogen and oxygen atoms in total. The molecule has 0 spiro atoms. The Bertz CT molecular complexity index is 291. The summed E-state index contributed by atoms with van der Waals surface area (Å²) in [5.74, 6) is 0.426. The third-order valence-corrected chi connectivity index (χ3v) is 4.04. The quantitative estimate of drug-likeness (QED) is 0.592. The van der Waals surface area contributed by atoms with E-state index < -0.39 is 0 Å². The highest BCUT2D eigenvalue weighted by Crippen LogP contribution is 2.37. The molecule has 0 aromatic heterocycles. The molecule has 116 valence electrons. The second kappa shape index (κ2) is 10.1. The fourth-order valence-electron chi connectivity index (χ4n) is 2.93. The van der Waals surface area contributed by atoms with Crippen LogP contribution >= 0.6 is 0 Å². The van der Waals surface area contributed by atoms with Crippen molar-refractivity contribution < 1.29 is 9.47 Å². The maximum absolute atomic E-state index is 9.54. The van der Waals surface area contributed by atoms with Gasteiger partial charge in [0.2, 0.25) is 0 Å². The molecule has 0 aromatic rings. The Morgan fingerprint density at radius 2 is 1.90 bits per heavy atom. The molecule has 1 fully saturated rings. The lowest BCUT2D eigenvalue weighted by Crippen LogP contribution is -2.47. The molecule has 0 aliphatic heterocycles. The first-order valence-electron chi connectivity index (χ1n) is 8.10. The Morgan fingerprint density at radius 1 is 1.15 bits per heavy atom. The van der Waals surface area contributed by atoms with Crippen molar-refractivity contribution in [3.05, 3.63) is 0 Å². The van der Waals surface area contributed by atoms with Gasteiger partial charge in [0.25, 0.3) is 0 Å².